The van der Waals surface area contributed by atoms with Gasteiger partial charge in [-0.25, -0.2) is 0 Å². The highest BCUT2D eigenvalue weighted by Gasteiger charge is 2.21. The lowest BCUT2D eigenvalue weighted by Gasteiger charge is -2.35. The van der Waals surface area contributed by atoms with Gasteiger partial charge in [0.25, 0.3) is 0 Å². The molecule has 0 radical (unpaired) electrons. The number of rotatable bonds is 5. The molecule has 1 aliphatic heterocycles. The lowest BCUT2D eigenvalue weighted by Crippen LogP contribution is -2.48. The summed E-state index contributed by atoms with van der Waals surface area (Å²) in [7, 11) is 0. The fourth-order valence-electron chi connectivity index (χ4n) is 1.73. The lowest BCUT2D eigenvalue weighted by molar-refractivity contribution is -0.0330. The lowest BCUT2D eigenvalue weighted by atomic mass is 10.2. The summed E-state index contributed by atoms with van der Waals surface area (Å²) in [5.74, 6) is 0. The van der Waals surface area contributed by atoms with Gasteiger partial charge in [0.2, 0.25) is 0 Å². The third-order valence-electron chi connectivity index (χ3n) is 2.61. The number of hydrogen-bond donors (Lipinski definition) is 1. The second-order valence-electron chi connectivity index (χ2n) is 3.73. The number of ether oxygens (including phenoxy) is 2. The van der Waals surface area contributed by atoms with E-state index in [1.165, 1.54) is 0 Å². The van der Waals surface area contributed by atoms with Crippen LogP contribution in [0.1, 0.15) is 13.8 Å². The van der Waals surface area contributed by atoms with Gasteiger partial charge in [-0.3, -0.25) is 4.90 Å². The Bertz CT molecular complexity index is 155. The molecule has 0 aromatic heterocycles. The molecule has 0 saturated carbocycles. The molecule has 4 heteroatoms. The predicted molar refractivity (Wildman–Crippen MR) is 56.3 cm³/mol. The molecule has 2 unspecified atom stereocenters. The van der Waals surface area contributed by atoms with Gasteiger partial charge in [-0.2, -0.15) is 0 Å². The monoisotopic (exact) mass is 202 g/mol. The summed E-state index contributed by atoms with van der Waals surface area (Å²) < 4.78 is 10.9. The van der Waals surface area contributed by atoms with Gasteiger partial charge in [-0.15, -0.1) is 0 Å². The molecule has 1 heterocycles. The van der Waals surface area contributed by atoms with Crippen molar-refractivity contribution in [1.29, 1.82) is 0 Å². The van der Waals surface area contributed by atoms with Gasteiger partial charge in [0.15, 0.2) is 0 Å². The van der Waals surface area contributed by atoms with E-state index in [0.717, 1.165) is 32.9 Å². The van der Waals surface area contributed by atoms with Crippen LogP contribution in [0.5, 0.6) is 0 Å². The molecule has 0 aliphatic carbocycles. The maximum Gasteiger partial charge on any atom is 0.0823 e. The SMILES string of the molecule is CCOC(CN)CN1CCOCC1C. The van der Waals surface area contributed by atoms with Crippen molar-refractivity contribution in [2.75, 3.05) is 39.5 Å². The van der Waals surface area contributed by atoms with Gasteiger partial charge < -0.3 is 15.2 Å². The molecule has 2 atom stereocenters. The fourth-order valence-corrected chi connectivity index (χ4v) is 1.73. The van der Waals surface area contributed by atoms with Crippen molar-refractivity contribution >= 4 is 0 Å². The molecular weight excluding hydrogens is 180 g/mol. The Hall–Kier alpha value is -0.160. The minimum absolute atomic E-state index is 0.167. The summed E-state index contributed by atoms with van der Waals surface area (Å²) in [5, 5.41) is 0. The van der Waals surface area contributed by atoms with E-state index in [2.05, 4.69) is 11.8 Å². The second-order valence-corrected chi connectivity index (χ2v) is 3.73. The number of hydrogen-bond acceptors (Lipinski definition) is 4. The average molecular weight is 202 g/mol. The molecule has 1 rings (SSSR count). The van der Waals surface area contributed by atoms with Crippen LogP contribution in [0.3, 0.4) is 0 Å². The van der Waals surface area contributed by atoms with Gasteiger partial charge in [-0.1, -0.05) is 0 Å². The third kappa shape index (κ3) is 3.53. The molecule has 0 amide bonds. The minimum Gasteiger partial charge on any atom is -0.379 e. The van der Waals surface area contributed by atoms with E-state index in [9.17, 15) is 0 Å². The first-order chi connectivity index (χ1) is 6.77. The van der Waals surface area contributed by atoms with Gasteiger partial charge in [0.05, 0.1) is 19.3 Å². The first-order valence-corrected chi connectivity index (χ1v) is 5.41. The van der Waals surface area contributed by atoms with Crippen LogP contribution in [0.15, 0.2) is 0 Å². The molecule has 1 saturated heterocycles. The topological polar surface area (TPSA) is 47.7 Å². The van der Waals surface area contributed by atoms with Crippen LogP contribution in [0.2, 0.25) is 0 Å². The maximum absolute atomic E-state index is 5.64. The van der Waals surface area contributed by atoms with Gasteiger partial charge in [0, 0.05) is 32.3 Å². The summed E-state index contributed by atoms with van der Waals surface area (Å²) in [6, 6.07) is 0.484. The molecule has 4 nitrogen and oxygen atoms in total. The first-order valence-electron chi connectivity index (χ1n) is 5.41. The van der Waals surface area contributed by atoms with E-state index in [0.29, 0.717) is 12.6 Å². The molecule has 2 N–H and O–H groups in total. The van der Waals surface area contributed by atoms with E-state index >= 15 is 0 Å². The zero-order chi connectivity index (χ0) is 10.4. The number of nitrogens with two attached hydrogens (primary N) is 1. The standard InChI is InChI=1S/C10H22N2O2/c1-3-14-10(6-11)7-12-4-5-13-8-9(12)2/h9-10H,3-8,11H2,1-2H3. The molecule has 14 heavy (non-hydrogen) atoms. The number of morpholine rings is 1. The highest BCUT2D eigenvalue weighted by atomic mass is 16.5. The van der Waals surface area contributed by atoms with E-state index in [1.807, 2.05) is 6.92 Å². The Morgan fingerprint density at radius 3 is 3.00 bits per heavy atom. The van der Waals surface area contributed by atoms with Crippen LogP contribution in [-0.2, 0) is 9.47 Å². The fraction of sp³-hybridized carbons (Fsp3) is 1.00. The molecule has 0 aromatic carbocycles. The van der Waals surface area contributed by atoms with E-state index < -0.39 is 0 Å². The quantitative estimate of drug-likeness (QED) is 0.685. The molecule has 0 spiro atoms. The highest BCUT2D eigenvalue weighted by Crippen LogP contribution is 2.07. The largest absolute Gasteiger partial charge is 0.379 e. The van der Waals surface area contributed by atoms with Crippen LogP contribution >= 0.6 is 0 Å². The minimum atomic E-state index is 0.167. The molecule has 0 aromatic rings. The smallest absolute Gasteiger partial charge is 0.0823 e. The van der Waals surface area contributed by atoms with Crippen molar-refractivity contribution in [3.63, 3.8) is 0 Å². The average Bonchev–Trinajstić information content (AvgIpc) is 2.20. The van der Waals surface area contributed by atoms with Crippen molar-refractivity contribution in [1.82, 2.24) is 4.90 Å². The number of nitrogens with zero attached hydrogens (tertiary/aromatic N) is 1. The zero-order valence-corrected chi connectivity index (χ0v) is 9.24. The second kappa shape index (κ2) is 6.35. The molecule has 1 aliphatic rings. The highest BCUT2D eigenvalue weighted by molar-refractivity contribution is 4.75. The molecule has 1 fully saturated rings. The Morgan fingerprint density at radius 1 is 1.64 bits per heavy atom. The van der Waals surface area contributed by atoms with Crippen molar-refractivity contribution in [2.45, 2.75) is 26.0 Å². The Kier molecular flexibility index (Phi) is 5.40. The van der Waals surface area contributed by atoms with Crippen molar-refractivity contribution < 1.29 is 9.47 Å². The molecular formula is C10H22N2O2. The van der Waals surface area contributed by atoms with Crippen molar-refractivity contribution in [3.05, 3.63) is 0 Å². The van der Waals surface area contributed by atoms with Crippen LogP contribution in [0.25, 0.3) is 0 Å². The van der Waals surface area contributed by atoms with Gasteiger partial charge in [-0.05, 0) is 13.8 Å². The Morgan fingerprint density at radius 2 is 2.43 bits per heavy atom. The normalized spacial score (nSPS) is 26.4. The molecule has 84 valence electrons. The zero-order valence-electron chi connectivity index (χ0n) is 9.24. The van der Waals surface area contributed by atoms with Crippen LogP contribution in [0, 0.1) is 0 Å². The van der Waals surface area contributed by atoms with Crippen molar-refractivity contribution in [3.8, 4) is 0 Å². The Balaban J connectivity index is 2.31. The van der Waals surface area contributed by atoms with E-state index in [-0.39, 0.29) is 6.10 Å². The van der Waals surface area contributed by atoms with Gasteiger partial charge in [0.1, 0.15) is 0 Å². The summed E-state index contributed by atoms with van der Waals surface area (Å²) in [6.45, 7) is 9.08. The first kappa shape index (κ1) is 11.9. The van der Waals surface area contributed by atoms with Crippen LogP contribution in [-0.4, -0.2) is 56.5 Å². The maximum atomic E-state index is 5.64. The van der Waals surface area contributed by atoms with E-state index in [4.69, 9.17) is 15.2 Å². The summed E-state index contributed by atoms with van der Waals surface area (Å²) in [5.41, 5.74) is 5.64. The van der Waals surface area contributed by atoms with E-state index in [1.54, 1.807) is 0 Å². The Labute approximate surface area is 86.3 Å². The summed E-state index contributed by atoms with van der Waals surface area (Å²) in [4.78, 5) is 2.39. The van der Waals surface area contributed by atoms with Gasteiger partial charge >= 0.3 is 0 Å². The predicted octanol–water partition coefficient (Wildman–Crippen LogP) is 0.0709. The third-order valence-corrected chi connectivity index (χ3v) is 2.61. The van der Waals surface area contributed by atoms with Crippen molar-refractivity contribution in [2.24, 2.45) is 5.73 Å². The van der Waals surface area contributed by atoms with Crippen LogP contribution in [0.4, 0.5) is 0 Å². The summed E-state index contributed by atoms with van der Waals surface area (Å²) >= 11 is 0. The summed E-state index contributed by atoms with van der Waals surface area (Å²) in [6.07, 6.45) is 0.167. The molecule has 0 bridgehead atoms. The van der Waals surface area contributed by atoms with Crippen LogP contribution < -0.4 is 5.73 Å².